The Hall–Kier alpha value is -0.570. The molecule has 0 N–H and O–H groups in total. The molecular formula is C9H14O3. The largest absolute Gasteiger partial charge is 0.466 e. The molecule has 2 fully saturated rings. The van der Waals surface area contributed by atoms with Gasteiger partial charge in [0.25, 0.3) is 0 Å². The molecule has 0 radical (unpaired) electrons. The van der Waals surface area contributed by atoms with Crippen LogP contribution in [0, 0.1) is 5.92 Å². The fourth-order valence-corrected chi connectivity index (χ4v) is 1.87. The minimum absolute atomic E-state index is 0.172. The van der Waals surface area contributed by atoms with E-state index in [-0.39, 0.29) is 5.97 Å². The first-order valence-electron chi connectivity index (χ1n) is 4.54. The summed E-state index contributed by atoms with van der Waals surface area (Å²) in [6.45, 7) is 2.04. The molecule has 1 aliphatic carbocycles. The predicted octanol–water partition coefficient (Wildman–Crippen LogP) is 1.12. The number of hydrogen-bond donors (Lipinski definition) is 0. The topological polar surface area (TPSA) is 38.8 Å². The summed E-state index contributed by atoms with van der Waals surface area (Å²) >= 11 is 0. The van der Waals surface area contributed by atoms with Gasteiger partial charge in [0.15, 0.2) is 0 Å². The highest BCUT2D eigenvalue weighted by Crippen LogP contribution is 2.39. The van der Waals surface area contributed by atoms with Crippen molar-refractivity contribution in [1.82, 2.24) is 0 Å². The number of esters is 1. The zero-order valence-electron chi connectivity index (χ0n) is 7.29. The smallest absolute Gasteiger partial charge is 0.302 e. The highest BCUT2D eigenvalue weighted by molar-refractivity contribution is 5.65. The number of rotatable bonds is 2. The van der Waals surface area contributed by atoms with Gasteiger partial charge in [-0.2, -0.15) is 0 Å². The molecule has 3 nitrogen and oxygen atoms in total. The first kappa shape index (κ1) is 8.05. The maximum atomic E-state index is 10.5. The van der Waals surface area contributed by atoms with Crippen LogP contribution >= 0.6 is 0 Å². The number of ether oxygens (including phenoxy) is 2. The zero-order valence-corrected chi connectivity index (χ0v) is 7.29. The highest BCUT2D eigenvalue weighted by atomic mass is 16.6. The van der Waals surface area contributed by atoms with Crippen LogP contribution in [0.3, 0.4) is 0 Å². The Morgan fingerprint density at radius 2 is 2.33 bits per heavy atom. The molecule has 2 aliphatic rings. The molecule has 0 bridgehead atoms. The van der Waals surface area contributed by atoms with Gasteiger partial charge in [0.1, 0.15) is 0 Å². The van der Waals surface area contributed by atoms with E-state index in [0.717, 1.165) is 19.3 Å². The Bertz CT molecular complexity index is 190. The Morgan fingerprint density at radius 1 is 1.50 bits per heavy atom. The maximum Gasteiger partial charge on any atom is 0.302 e. The number of carbonyl (C=O) groups excluding carboxylic acids is 1. The molecule has 2 rings (SSSR count). The molecule has 0 spiro atoms. The Morgan fingerprint density at radius 3 is 3.00 bits per heavy atom. The highest BCUT2D eigenvalue weighted by Gasteiger charge is 2.43. The van der Waals surface area contributed by atoms with Crippen molar-refractivity contribution in [2.24, 2.45) is 5.92 Å². The van der Waals surface area contributed by atoms with Crippen LogP contribution in [-0.4, -0.2) is 24.8 Å². The summed E-state index contributed by atoms with van der Waals surface area (Å²) in [5.74, 6) is 0.367. The lowest BCUT2D eigenvalue weighted by molar-refractivity contribution is -0.142. The summed E-state index contributed by atoms with van der Waals surface area (Å²) in [7, 11) is 0. The molecule has 1 saturated heterocycles. The van der Waals surface area contributed by atoms with E-state index in [0.29, 0.717) is 24.7 Å². The molecular weight excluding hydrogens is 156 g/mol. The van der Waals surface area contributed by atoms with Gasteiger partial charge in [0, 0.05) is 6.92 Å². The third-order valence-electron chi connectivity index (χ3n) is 2.64. The Balaban J connectivity index is 1.70. The van der Waals surface area contributed by atoms with Crippen LogP contribution in [0.25, 0.3) is 0 Å². The van der Waals surface area contributed by atoms with Crippen LogP contribution in [0.4, 0.5) is 0 Å². The van der Waals surface area contributed by atoms with Gasteiger partial charge in [-0.25, -0.2) is 0 Å². The third-order valence-corrected chi connectivity index (χ3v) is 2.64. The standard InChI is InChI=1S/C9H14O3/c1-6(10)11-5-7-2-3-8-9(4-7)12-8/h7-9H,2-5H2,1H3/t7-,8?,9?/m1/s1. The number of fused-ring (bicyclic) bond motifs is 1. The van der Waals surface area contributed by atoms with E-state index in [4.69, 9.17) is 9.47 Å². The van der Waals surface area contributed by atoms with Crippen LogP contribution < -0.4 is 0 Å². The second-order valence-electron chi connectivity index (χ2n) is 3.69. The average molecular weight is 170 g/mol. The summed E-state index contributed by atoms with van der Waals surface area (Å²) in [6.07, 6.45) is 4.40. The summed E-state index contributed by atoms with van der Waals surface area (Å²) in [5, 5.41) is 0. The second kappa shape index (κ2) is 3.05. The van der Waals surface area contributed by atoms with Crippen LogP contribution in [-0.2, 0) is 14.3 Å². The number of hydrogen-bond acceptors (Lipinski definition) is 3. The van der Waals surface area contributed by atoms with E-state index in [9.17, 15) is 4.79 Å². The van der Waals surface area contributed by atoms with Crippen LogP contribution in [0.5, 0.6) is 0 Å². The van der Waals surface area contributed by atoms with Crippen molar-refractivity contribution in [1.29, 1.82) is 0 Å². The second-order valence-corrected chi connectivity index (χ2v) is 3.69. The Kier molecular flexibility index (Phi) is 2.05. The third kappa shape index (κ3) is 1.78. The van der Waals surface area contributed by atoms with E-state index in [1.165, 1.54) is 6.92 Å². The summed E-state index contributed by atoms with van der Waals surface area (Å²) in [6, 6.07) is 0. The SMILES string of the molecule is CC(=O)OC[C@@H]1CCC2OC2C1. The van der Waals surface area contributed by atoms with Crippen molar-refractivity contribution in [2.45, 2.75) is 38.4 Å². The normalized spacial score (nSPS) is 38.6. The molecule has 0 aromatic rings. The molecule has 3 atom stereocenters. The van der Waals surface area contributed by atoms with Crippen molar-refractivity contribution in [3.63, 3.8) is 0 Å². The molecule has 0 aromatic carbocycles. The molecule has 1 heterocycles. The monoisotopic (exact) mass is 170 g/mol. The quantitative estimate of drug-likeness (QED) is 0.460. The van der Waals surface area contributed by atoms with Gasteiger partial charge in [-0.1, -0.05) is 0 Å². The maximum absolute atomic E-state index is 10.5. The van der Waals surface area contributed by atoms with Crippen molar-refractivity contribution in [3.05, 3.63) is 0 Å². The first-order valence-corrected chi connectivity index (χ1v) is 4.54. The van der Waals surface area contributed by atoms with Crippen LogP contribution in [0.1, 0.15) is 26.2 Å². The van der Waals surface area contributed by atoms with Gasteiger partial charge in [-0.05, 0) is 25.2 Å². The zero-order chi connectivity index (χ0) is 8.55. The number of epoxide rings is 1. The minimum atomic E-state index is -0.172. The molecule has 1 aliphatic heterocycles. The molecule has 3 heteroatoms. The molecule has 12 heavy (non-hydrogen) atoms. The summed E-state index contributed by atoms with van der Waals surface area (Å²) < 4.78 is 10.3. The summed E-state index contributed by atoms with van der Waals surface area (Å²) in [4.78, 5) is 10.5. The molecule has 0 amide bonds. The minimum Gasteiger partial charge on any atom is -0.466 e. The van der Waals surface area contributed by atoms with Crippen molar-refractivity contribution >= 4 is 5.97 Å². The molecule has 2 unspecified atom stereocenters. The van der Waals surface area contributed by atoms with E-state index in [1.807, 2.05) is 0 Å². The molecule has 1 saturated carbocycles. The van der Waals surface area contributed by atoms with Gasteiger partial charge >= 0.3 is 5.97 Å². The molecule has 68 valence electrons. The van der Waals surface area contributed by atoms with Crippen molar-refractivity contribution < 1.29 is 14.3 Å². The average Bonchev–Trinajstić information content (AvgIpc) is 2.78. The summed E-state index contributed by atoms with van der Waals surface area (Å²) in [5.41, 5.74) is 0. The van der Waals surface area contributed by atoms with Gasteiger partial charge in [-0.3, -0.25) is 4.79 Å². The molecule has 0 aromatic heterocycles. The van der Waals surface area contributed by atoms with Gasteiger partial charge < -0.3 is 9.47 Å². The predicted molar refractivity (Wildman–Crippen MR) is 42.6 cm³/mol. The van der Waals surface area contributed by atoms with E-state index in [1.54, 1.807) is 0 Å². The lowest BCUT2D eigenvalue weighted by Crippen LogP contribution is -2.19. The lowest BCUT2D eigenvalue weighted by Gasteiger charge is -2.17. The van der Waals surface area contributed by atoms with Crippen molar-refractivity contribution in [3.8, 4) is 0 Å². The fourth-order valence-electron chi connectivity index (χ4n) is 1.87. The van der Waals surface area contributed by atoms with Gasteiger partial charge in [0.2, 0.25) is 0 Å². The van der Waals surface area contributed by atoms with Gasteiger partial charge in [-0.15, -0.1) is 0 Å². The van der Waals surface area contributed by atoms with E-state index in [2.05, 4.69) is 0 Å². The van der Waals surface area contributed by atoms with Crippen molar-refractivity contribution in [2.75, 3.05) is 6.61 Å². The Labute approximate surface area is 72.0 Å². The van der Waals surface area contributed by atoms with Gasteiger partial charge in [0.05, 0.1) is 18.8 Å². The van der Waals surface area contributed by atoms with Crippen LogP contribution in [0.2, 0.25) is 0 Å². The van der Waals surface area contributed by atoms with Crippen LogP contribution in [0.15, 0.2) is 0 Å². The lowest BCUT2D eigenvalue weighted by atomic mass is 9.90. The van der Waals surface area contributed by atoms with E-state index < -0.39 is 0 Å². The number of carbonyl (C=O) groups is 1. The fraction of sp³-hybridized carbons (Fsp3) is 0.889. The van der Waals surface area contributed by atoms with E-state index >= 15 is 0 Å². The first-order chi connectivity index (χ1) is 5.75.